The number of hydrogen-bond donors (Lipinski definition) is 2. The molecular formula is C12H17N3O2. The number of likely N-dealkylation sites (tertiary alicyclic amines) is 1. The van der Waals surface area contributed by atoms with Gasteiger partial charge in [0.05, 0.1) is 6.10 Å². The van der Waals surface area contributed by atoms with Crippen molar-refractivity contribution < 1.29 is 9.63 Å². The van der Waals surface area contributed by atoms with E-state index in [9.17, 15) is 4.79 Å². The van der Waals surface area contributed by atoms with E-state index in [2.05, 4.69) is 5.32 Å². The third-order valence-electron chi connectivity index (χ3n) is 2.95. The van der Waals surface area contributed by atoms with Gasteiger partial charge in [0.25, 0.3) is 0 Å². The first-order valence-electron chi connectivity index (χ1n) is 5.76. The van der Waals surface area contributed by atoms with E-state index < -0.39 is 0 Å². The molecule has 1 saturated heterocycles. The molecule has 0 unspecified atom stereocenters. The third-order valence-corrected chi connectivity index (χ3v) is 2.95. The Kier molecular flexibility index (Phi) is 3.95. The molecule has 0 bridgehead atoms. The van der Waals surface area contributed by atoms with Gasteiger partial charge in [0.2, 0.25) is 0 Å². The average molecular weight is 235 g/mol. The maximum absolute atomic E-state index is 11.9. The Labute approximate surface area is 100 Å². The van der Waals surface area contributed by atoms with Crippen LogP contribution in [0.3, 0.4) is 0 Å². The SMILES string of the molecule is NOC1CCN(C(=O)Nc2ccccc2)CC1. The quantitative estimate of drug-likeness (QED) is 0.765. The number of urea groups is 1. The second-order valence-corrected chi connectivity index (χ2v) is 4.12. The van der Waals surface area contributed by atoms with E-state index in [1.54, 1.807) is 4.90 Å². The van der Waals surface area contributed by atoms with Crippen LogP contribution in [0, 0.1) is 0 Å². The molecule has 1 aromatic rings. The minimum absolute atomic E-state index is 0.0633. The molecule has 1 fully saturated rings. The Morgan fingerprint density at radius 3 is 2.53 bits per heavy atom. The van der Waals surface area contributed by atoms with Gasteiger partial charge in [0, 0.05) is 18.8 Å². The molecule has 92 valence electrons. The summed E-state index contributed by atoms with van der Waals surface area (Å²) in [5.41, 5.74) is 0.815. The van der Waals surface area contributed by atoms with E-state index in [0.29, 0.717) is 13.1 Å². The minimum Gasteiger partial charge on any atom is -0.324 e. The van der Waals surface area contributed by atoms with Crippen LogP contribution < -0.4 is 11.2 Å². The first kappa shape index (κ1) is 11.9. The predicted molar refractivity (Wildman–Crippen MR) is 65.3 cm³/mol. The summed E-state index contributed by atoms with van der Waals surface area (Å²) in [7, 11) is 0. The van der Waals surface area contributed by atoms with Crippen LogP contribution in [0.1, 0.15) is 12.8 Å². The van der Waals surface area contributed by atoms with E-state index in [1.165, 1.54) is 0 Å². The standard InChI is InChI=1S/C12H17N3O2/c13-17-11-6-8-15(9-7-11)12(16)14-10-4-2-1-3-5-10/h1-5,11H,6-9,13H2,(H,14,16). The van der Waals surface area contributed by atoms with Crippen molar-refractivity contribution in [2.75, 3.05) is 18.4 Å². The first-order chi connectivity index (χ1) is 8.29. The van der Waals surface area contributed by atoms with Gasteiger partial charge in [-0.25, -0.2) is 10.7 Å². The van der Waals surface area contributed by atoms with Crippen molar-refractivity contribution in [2.24, 2.45) is 5.90 Å². The lowest BCUT2D eigenvalue weighted by atomic mass is 10.1. The van der Waals surface area contributed by atoms with Gasteiger partial charge >= 0.3 is 6.03 Å². The van der Waals surface area contributed by atoms with Gasteiger partial charge in [-0.3, -0.25) is 0 Å². The highest BCUT2D eigenvalue weighted by atomic mass is 16.6. The zero-order valence-corrected chi connectivity index (χ0v) is 9.63. The van der Waals surface area contributed by atoms with E-state index in [1.807, 2.05) is 30.3 Å². The molecule has 17 heavy (non-hydrogen) atoms. The molecule has 1 aliphatic rings. The topological polar surface area (TPSA) is 67.6 Å². The number of nitrogens with two attached hydrogens (primary N) is 1. The Bertz CT molecular complexity index is 361. The third kappa shape index (κ3) is 3.18. The van der Waals surface area contributed by atoms with Gasteiger partial charge in [-0.05, 0) is 25.0 Å². The van der Waals surface area contributed by atoms with Crippen LogP contribution in [-0.2, 0) is 4.84 Å². The fraction of sp³-hybridized carbons (Fsp3) is 0.417. The summed E-state index contributed by atoms with van der Waals surface area (Å²) in [6.07, 6.45) is 1.66. The molecule has 0 spiro atoms. The van der Waals surface area contributed by atoms with Crippen LogP contribution in [-0.4, -0.2) is 30.1 Å². The summed E-state index contributed by atoms with van der Waals surface area (Å²) in [6.45, 7) is 1.36. The lowest BCUT2D eigenvalue weighted by Crippen LogP contribution is -2.43. The zero-order valence-electron chi connectivity index (χ0n) is 9.63. The van der Waals surface area contributed by atoms with E-state index >= 15 is 0 Å². The molecule has 2 amide bonds. The zero-order chi connectivity index (χ0) is 12.1. The second kappa shape index (κ2) is 5.65. The molecule has 1 aliphatic heterocycles. The average Bonchev–Trinajstić information content (AvgIpc) is 2.40. The summed E-state index contributed by atoms with van der Waals surface area (Å²) in [4.78, 5) is 18.5. The highest BCUT2D eigenvalue weighted by Gasteiger charge is 2.22. The molecule has 0 atom stereocenters. The molecular weight excluding hydrogens is 218 g/mol. The number of para-hydroxylation sites is 1. The van der Waals surface area contributed by atoms with E-state index in [0.717, 1.165) is 18.5 Å². The largest absolute Gasteiger partial charge is 0.324 e. The van der Waals surface area contributed by atoms with E-state index in [-0.39, 0.29) is 12.1 Å². The summed E-state index contributed by atoms with van der Waals surface area (Å²) >= 11 is 0. The maximum atomic E-state index is 11.9. The van der Waals surface area contributed by atoms with Crippen molar-refractivity contribution >= 4 is 11.7 Å². The van der Waals surface area contributed by atoms with Gasteiger partial charge in [0.15, 0.2) is 0 Å². The molecule has 5 heteroatoms. The summed E-state index contributed by atoms with van der Waals surface area (Å²) in [5, 5.41) is 2.86. The van der Waals surface area contributed by atoms with Crippen molar-refractivity contribution in [1.29, 1.82) is 0 Å². The number of piperidine rings is 1. The van der Waals surface area contributed by atoms with Crippen molar-refractivity contribution in [1.82, 2.24) is 4.90 Å². The van der Waals surface area contributed by atoms with Crippen LogP contribution >= 0.6 is 0 Å². The molecule has 1 heterocycles. The molecule has 5 nitrogen and oxygen atoms in total. The smallest absolute Gasteiger partial charge is 0.321 e. The summed E-state index contributed by atoms with van der Waals surface area (Å²) in [6, 6.07) is 9.38. The maximum Gasteiger partial charge on any atom is 0.321 e. The van der Waals surface area contributed by atoms with Crippen LogP contribution in [0.2, 0.25) is 0 Å². The molecule has 0 saturated carbocycles. The molecule has 0 aromatic heterocycles. The van der Waals surface area contributed by atoms with Crippen molar-refractivity contribution in [2.45, 2.75) is 18.9 Å². The van der Waals surface area contributed by atoms with Crippen LogP contribution in [0.25, 0.3) is 0 Å². The number of carbonyl (C=O) groups is 1. The minimum atomic E-state index is -0.0633. The second-order valence-electron chi connectivity index (χ2n) is 4.12. The summed E-state index contributed by atoms with van der Waals surface area (Å²) < 4.78 is 0. The lowest BCUT2D eigenvalue weighted by molar-refractivity contribution is 0.0151. The van der Waals surface area contributed by atoms with Crippen LogP contribution in [0.5, 0.6) is 0 Å². The van der Waals surface area contributed by atoms with Crippen LogP contribution in [0.4, 0.5) is 10.5 Å². The van der Waals surface area contributed by atoms with Gasteiger partial charge in [-0.15, -0.1) is 0 Å². The summed E-state index contributed by atoms with van der Waals surface area (Å²) in [5.74, 6) is 5.13. The number of nitrogens with one attached hydrogen (secondary N) is 1. The normalized spacial score (nSPS) is 16.9. The molecule has 3 N–H and O–H groups in total. The lowest BCUT2D eigenvalue weighted by Gasteiger charge is -2.30. The Morgan fingerprint density at radius 1 is 1.29 bits per heavy atom. The number of nitrogens with zero attached hydrogens (tertiary/aromatic N) is 1. The van der Waals surface area contributed by atoms with Crippen molar-refractivity contribution in [3.8, 4) is 0 Å². The fourth-order valence-electron chi connectivity index (χ4n) is 1.92. The highest BCUT2D eigenvalue weighted by molar-refractivity contribution is 5.89. The van der Waals surface area contributed by atoms with E-state index in [4.69, 9.17) is 10.7 Å². The molecule has 0 aliphatic carbocycles. The Hall–Kier alpha value is -1.59. The van der Waals surface area contributed by atoms with Crippen molar-refractivity contribution in [3.63, 3.8) is 0 Å². The number of rotatable bonds is 2. The number of benzene rings is 1. The molecule has 2 rings (SSSR count). The van der Waals surface area contributed by atoms with Crippen LogP contribution in [0.15, 0.2) is 30.3 Å². The predicted octanol–water partition coefficient (Wildman–Crippen LogP) is 1.57. The Balaban J connectivity index is 1.85. The highest BCUT2D eigenvalue weighted by Crippen LogP contribution is 2.14. The number of anilines is 1. The van der Waals surface area contributed by atoms with Gasteiger partial charge in [-0.1, -0.05) is 18.2 Å². The molecule has 0 radical (unpaired) electrons. The van der Waals surface area contributed by atoms with Gasteiger partial charge in [0.1, 0.15) is 0 Å². The molecule has 1 aromatic carbocycles. The monoisotopic (exact) mass is 235 g/mol. The van der Waals surface area contributed by atoms with Gasteiger partial charge < -0.3 is 15.1 Å². The number of amides is 2. The number of carbonyl (C=O) groups excluding carboxylic acids is 1. The Morgan fingerprint density at radius 2 is 1.94 bits per heavy atom. The van der Waals surface area contributed by atoms with Gasteiger partial charge in [-0.2, -0.15) is 0 Å². The number of hydrogen-bond acceptors (Lipinski definition) is 3. The fourth-order valence-corrected chi connectivity index (χ4v) is 1.92. The van der Waals surface area contributed by atoms with Crippen molar-refractivity contribution in [3.05, 3.63) is 30.3 Å². The first-order valence-corrected chi connectivity index (χ1v) is 5.76.